The van der Waals surface area contributed by atoms with Gasteiger partial charge in [0, 0.05) is 0 Å². The van der Waals surface area contributed by atoms with Gasteiger partial charge in [-0.2, -0.15) is 0 Å². The highest BCUT2D eigenvalue weighted by molar-refractivity contribution is 6.32. The van der Waals surface area contributed by atoms with E-state index < -0.39 is 6.10 Å². The molecule has 70 valence electrons. The Balaban J connectivity index is 3.02. The Morgan fingerprint density at radius 3 is 2.77 bits per heavy atom. The molecule has 13 heavy (non-hydrogen) atoms. The summed E-state index contributed by atoms with van der Waals surface area (Å²) in [6.45, 7) is 3.48. The molecule has 1 rings (SSSR count). The van der Waals surface area contributed by atoms with E-state index in [0.717, 1.165) is 0 Å². The third-order valence-corrected chi connectivity index (χ3v) is 2.04. The average Bonchev–Trinajstić information content (AvgIpc) is 2.16. The lowest BCUT2D eigenvalue weighted by atomic mass is 10.1. The van der Waals surface area contributed by atoms with Gasteiger partial charge in [0.2, 0.25) is 0 Å². The molecule has 0 bridgehead atoms. The molecule has 1 N–H and O–H groups in total. The summed E-state index contributed by atoms with van der Waals surface area (Å²) in [5.74, 6) is 0.599. The number of methoxy groups -OCH3 is 1. The second-order valence-corrected chi connectivity index (χ2v) is 2.98. The van der Waals surface area contributed by atoms with E-state index in [-0.39, 0.29) is 0 Å². The van der Waals surface area contributed by atoms with Crippen molar-refractivity contribution < 1.29 is 9.84 Å². The smallest absolute Gasteiger partial charge is 0.137 e. The van der Waals surface area contributed by atoms with Crippen molar-refractivity contribution in [1.29, 1.82) is 0 Å². The highest BCUT2D eigenvalue weighted by atomic mass is 35.5. The zero-order valence-corrected chi connectivity index (χ0v) is 8.08. The van der Waals surface area contributed by atoms with E-state index in [1.807, 2.05) is 0 Å². The van der Waals surface area contributed by atoms with Crippen molar-refractivity contribution in [3.05, 3.63) is 41.4 Å². The van der Waals surface area contributed by atoms with Crippen LogP contribution < -0.4 is 4.74 Å². The zero-order chi connectivity index (χ0) is 9.84. The third-order valence-electron chi connectivity index (χ3n) is 1.74. The molecule has 1 aromatic rings. The fourth-order valence-corrected chi connectivity index (χ4v) is 1.27. The molecule has 1 atom stereocenters. The number of hydrogen-bond donors (Lipinski definition) is 1. The summed E-state index contributed by atoms with van der Waals surface area (Å²) in [6.07, 6.45) is 0.765. The molecule has 1 aromatic carbocycles. The zero-order valence-electron chi connectivity index (χ0n) is 7.33. The van der Waals surface area contributed by atoms with Gasteiger partial charge in [-0.3, -0.25) is 0 Å². The SMILES string of the molecule is C=CC(O)c1ccc(OC)c(Cl)c1. The van der Waals surface area contributed by atoms with Crippen LogP contribution in [0.5, 0.6) is 5.75 Å². The number of aliphatic hydroxyl groups excluding tert-OH is 1. The summed E-state index contributed by atoms with van der Waals surface area (Å²) in [5.41, 5.74) is 0.709. The van der Waals surface area contributed by atoms with Gasteiger partial charge >= 0.3 is 0 Å². The lowest BCUT2D eigenvalue weighted by Crippen LogP contribution is -1.93. The molecular weight excluding hydrogens is 188 g/mol. The molecule has 3 heteroatoms. The first-order chi connectivity index (χ1) is 6.19. The van der Waals surface area contributed by atoms with E-state index in [0.29, 0.717) is 16.3 Å². The molecule has 0 amide bonds. The minimum atomic E-state index is -0.677. The maximum absolute atomic E-state index is 9.40. The average molecular weight is 199 g/mol. The molecule has 0 aliphatic rings. The normalized spacial score (nSPS) is 12.2. The molecule has 2 nitrogen and oxygen atoms in total. The van der Waals surface area contributed by atoms with Crippen LogP contribution in [0.1, 0.15) is 11.7 Å². The molecular formula is C10H11ClO2. The minimum Gasteiger partial charge on any atom is -0.495 e. The van der Waals surface area contributed by atoms with Crippen molar-refractivity contribution in [2.75, 3.05) is 7.11 Å². The van der Waals surface area contributed by atoms with Gasteiger partial charge in [0.05, 0.1) is 18.2 Å². The number of halogens is 1. The van der Waals surface area contributed by atoms with Gasteiger partial charge in [-0.25, -0.2) is 0 Å². The second kappa shape index (κ2) is 4.30. The van der Waals surface area contributed by atoms with Gasteiger partial charge in [-0.1, -0.05) is 23.7 Å². The van der Waals surface area contributed by atoms with E-state index >= 15 is 0 Å². The summed E-state index contributed by atoms with van der Waals surface area (Å²) in [4.78, 5) is 0. The van der Waals surface area contributed by atoms with E-state index in [9.17, 15) is 5.11 Å². The van der Waals surface area contributed by atoms with Crippen molar-refractivity contribution in [1.82, 2.24) is 0 Å². The van der Waals surface area contributed by atoms with Gasteiger partial charge in [0.25, 0.3) is 0 Å². The second-order valence-electron chi connectivity index (χ2n) is 2.57. The van der Waals surface area contributed by atoms with Gasteiger partial charge in [-0.15, -0.1) is 6.58 Å². The molecule has 0 radical (unpaired) electrons. The van der Waals surface area contributed by atoms with Crippen molar-refractivity contribution >= 4 is 11.6 Å². The van der Waals surface area contributed by atoms with Crippen LogP contribution >= 0.6 is 11.6 Å². The highest BCUT2D eigenvalue weighted by Gasteiger charge is 2.06. The summed E-state index contributed by atoms with van der Waals surface area (Å²) in [6, 6.07) is 5.12. The van der Waals surface area contributed by atoms with Gasteiger partial charge in [0.1, 0.15) is 5.75 Å². The Labute approximate surface area is 82.4 Å². The monoisotopic (exact) mass is 198 g/mol. The van der Waals surface area contributed by atoms with E-state index in [1.165, 1.54) is 6.08 Å². The van der Waals surface area contributed by atoms with Crippen LogP contribution in [0.2, 0.25) is 5.02 Å². The molecule has 0 saturated heterocycles. The minimum absolute atomic E-state index is 0.487. The van der Waals surface area contributed by atoms with Crippen LogP contribution in [-0.2, 0) is 0 Å². The van der Waals surface area contributed by atoms with Gasteiger partial charge in [0.15, 0.2) is 0 Å². The Morgan fingerprint density at radius 2 is 2.31 bits per heavy atom. The maximum Gasteiger partial charge on any atom is 0.137 e. The fraction of sp³-hybridized carbons (Fsp3) is 0.200. The predicted octanol–water partition coefficient (Wildman–Crippen LogP) is 2.57. The number of benzene rings is 1. The van der Waals surface area contributed by atoms with Crippen LogP contribution in [0.4, 0.5) is 0 Å². The first-order valence-corrected chi connectivity index (χ1v) is 4.21. The van der Waals surface area contributed by atoms with Crippen molar-refractivity contribution in [3.63, 3.8) is 0 Å². The lowest BCUT2D eigenvalue weighted by molar-refractivity contribution is 0.229. The molecule has 0 heterocycles. The van der Waals surface area contributed by atoms with E-state index in [4.69, 9.17) is 16.3 Å². The highest BCUT2D eigenvalue weighted by Crippen LogP contribution is 2.27. The van der Waals surface area contributed by atoms with Crippen molar-refractivity contribution in [2.24, 2.45) is 0 Å². The van der Waals surface area contributed by atoms with Gasteiger partial charge < -0.3 is 9.84 Å². The number of aliphatic hydroxyl groups is 1. The number of hydrogen-bond acceptors (Lipinski definition) is 2. The first-order valence-electron chi connectivity index (χ1n) is 3.83. The number of ether oxygens (including phenoxy) is 1. The largest absolute Gasteiger partial charge is 0.495 e. The quantitative estimate of drug-likeness (QED) is 0.757. The fourth-order valence-electron chi connectivity index (χ4n) is 1.00. The van der Waals surface area contributed by atoms with E-state index in [1.54, 1.807) is 25.3 Å². The van der Waals surface area contributed by atoms with Crippen LogP contribution in [-0.4, -0.2) is 12.2 Å². The summed E-state index contributed by atoms with van der Waals surface area (Å²) < 4.78 is 4.97. The van der Waals surface area contributed by atoms with Crippen molar-refractivity contribution in [2.45, 2.75) is 6.10 Å². The molecule has 0 aromatic heterocycles. The Bertz CT molecular complexity index is 310. The first kappa shape index (κ1) is 10.1. The Morgan fingerprint density at radius 1 is 1.62 bits per heavy atom. The van der Waals surface area contributed by atoms with Crippen LogP contribution in [0, 0.1) is 0 Å². The molecule has 0 aliphatic heterocycles. The van der Waals surface area contributed by atoms with Crippen LogP contribution in [0.25, 0.3) is 0 Å². The van der Waals surface area contributed by atoms with Crippen molar-refractivity contribution in [3.8, 4) is 5.75 Å². The van der Waals surface area contributed by atoms with E-state index in [2.05, 4.69) is 6.58 Å². The lowest BCUT2D eigenvalue weighted by Gasteiger charge is -2.08. The summed E-state index contributed by atoms with van der Waals surface area (Å²) in [7, 11) is 1.55. The Hall–Kier alpha value is -0.990. The van der Waals surface area contributed by atoms with Crippen LogP contribution in [0.3, 0.4) is 0 Å². The predicted molar refractivity (Wildman–Crippen MR) is 53.2 cm³/mol. The standard InChI is InChI=1S/C10H11ClO2/c1-3-9(12)7-4-5-10(13-2)8(11)6-7/h3-6,9,12H,1H2,2H3. The molecule has 1 unspecified atom stereocenters. The topological polar surface area (TPSA) is 29.5 Å². The molecule has 0 spiro atoms. The number of rotatable bonds is 3. The Kier molecular flexibility index (Phi) is 3.34. The van der Waals surface area contributed by atoms with Gasteiger partial charge in [-0.05, 0) is 17.7 Å². The molecule has 0 fully saturated rings. The third kappa shape index (κ3) is 2.23. The summed E-state index contributed by atoms with van der Waals surface area (Å²) >= 11 is 5.86. The molecule has 0 aliphatic carbocycles. The maximum atomic E-state index is 9.40. The molecule has 0 saturated carbocycles. The van der Waals surface area contributed by atoms with Crippen LogP contribution in [0.15, 0.2) is 30.9 Å². The summed E-state index contributed by atoms with van der Waals surface area (Å²) in [5, 5.41) is 9.89.